The lowest BCUT2D eigenvalue weighted by atomic mass is 10.4. The molecule has 72 valence electrons. The molecule has 0 bridgehead atoms. The maximum absolute atomic E-state index is 11.0. The molecule has 0 aliphatic carbocycles. The minimum Gasteiger partial charge on any atom is -0.374 e. The van der Waals surface area contributed by atoms with Gasteiger partial charge in [0.05, 0.1) is 0 Å². The number of aryl methyl sites for hydroxylation is 1. The Morgan fingerprint density at radius 1 is 1.62 bits per heavy atom. The van der Waals surface area contributed by atoms with E-state index in [4.69, 9.17) is 4.74 Å². The van der Waals surface area contributed by atoms with Crippen molar-refractivity contribution >= 4 is 0 Å². The van der Waals surface area contributed by atoms with Gasteiger partial charge in [-0.15, -0.1) is 0 Å². The summed E-state index contributed by atoms with van der Waals surface area (Å²) in [5.41, 5.74) is 0.599. The third kappa shape index (κ3) is 3.38. The summed E-state index contributed by atoms with van der Waals surface area (Å²) in [6.45, 7) is 4.90. The molecule has 0 aromatic carbocycles. The van der Waals surface area contributed by atoms with Gasteiger partial charge >= 0.3 is 0 Å². The van der Waals surface area contributed by atoms with Crippen molar-refractivity contribution in [3.05, 3.63) is 27.9 Å². The van der Waals surface area contributed by atoms with Crippen molar-refractivity contribution < 1.29 is 4.74 Å². The Labute approximate surface area is 77.0 Å². The zero-order chi connectivity index (χ0) is 9.68. The number of ether oxygens (including phenoxy) is 1. The second-order valence-corrected chi connectivity index (χ2v) is 2.89. The zero-order valence-corrected chi connectivity index (χ0v) is 7.96. The van der Waals surface area contributed by atoms with Gasteiger partial charge in [-0.2, -0.15) is 0 Å². The molecule has 1 N–H and O–H groups in total. The van der Waals surface area contributed by atoms with Crippen LogP contribution in [-0.2, 0) is 11.3 Å². The predicted octanol–water partition coefficient (Wildman–Crippen LogP) is 1.00. The summed E-state index contributed by atoms with van der Waals surface area (Å²) in [7, 11) is 0. The number of rotatable bonds is 4. The number of aromatic amines is 1. The molecule has 1 rings (SSSR count). The van der Waals surface area contributed by atoms with Gasteiger partial charge in [-0.25, -0.2) is 4.98 Å². The maximum Gasteiger partial charge on any atom is 0.251 e. The number of aromatic nitrogens is 2. The first-order chi connectivity index (χ1) is 6.22. The van der Waals surface area contributed by atoms with E-state index < -0.39 is 0 Å². The van der Waals surface area contributed by atoms with Crippen LogP contribution in [0.5, 0.6) is 0 Å². The van der Waals surface area contributed by atoms with Gasteiger partial charge in [-0.1, -0.05) is 6.92 Å². The molecule has 0 unspecified atom stereocenters. The highest BCUT2D eigenvalue weighted by Gasteiger charge is 1.97. The fourth-order valence-electron chi connectivity index (χ4n) is 1.02. The molecule has 0 aliphatic heterocycles. The number of hydrogen-bond donors (Lipinski definition) is 1. The summed E-state index contributed by atoms with van der Waals surface area (Å²) in [5, 5.41) is 0. The Kier molecular flexibility index (Phi) is 3.64. The standard InChI is InChI=1S/C9H14N2O2/c1-3-4-13-6-8-10-7(2)5-9(12)11-8/h5H,3-4,6H2,1-2H3,(H,10,11,12). The summed E-state index contributed by atoms with van der Waals surface area (Å²) in [6.07, 6.45) is 0.968. The van der Waals surface area contributed by atoms with E-state index in [-0.39, 0.29) is 5.56 Å². The van der Waals surface area contributed by atoms with Crippen LogP contribution in [0, 0.1) is 6.92 Å². The van der Waals surface area contributed by atoms with Crippen LogP contribution in [-0.4, -0.2) is 16.6 Å². The lowest BCUT2D eigenvalue weighted by Gasteiger charge is -2.01. The van der Waals surface area contributed by atoms with Gasteiger partial charge in [0.25, 0.3) is 5.56 Å². The molecule has 0 atom stereocenters. The number of nitrogens with zero attached hydrogens (tertiary/aromatic N) is 1. The molecule has 0 aliphatic rings. The molecule has 0 fully saturated rings. The van der Waals surface area contributed by atoms with Crippen LogP contribution in [0.2, 0.25) is 0 Å². The van der Waals surface area contributed by atoms with Crippen LogP contribution in [0.4, 0.5) is 0 Å². The average molecular weight is 182 g/mol. The average Bonchev–Trinajstić information content (AvgIpc) is 2.03. The monoisotopic (exact) mass is 182 g/mol. The Morgan fingerprint density at radius 2 is 2.38 bits per heavy atom. The highest BCUT2D eigenvalue weighted by Crippen LogP contribution is 1.93. The molecule has 1 heterocycles. The summed E-state index contributed by atoms with van der Waals surface area (Å²) < 4.78 is 5.25. The molecule has 4 nitrogen and oxygen atoms in total. The van der Waals surface area contributed by atoms with Gasteiger partial charge in [-0.3, -0.25) is 4.79 Å². The highest BCUT2D eigenvalue weighted by molar-refractivity contribution is 4.99. The van der Waals surface area contributed by atoms with Crippen LogP contribution in [0.3, 0.4) is 0 Å². The minimum atomic E-state index is -0.123. The number of hydrogen-bond acceptors (Lipinski definition) is 3. The maximum atomic E-state index is 11.0. The van der Waals surface area contributed by atoms with E-state index in [0.29, 0.717) is 19.0 Å². The van der Waals surface area contributed by atoms with E-state index in [1.807, 2.05) is 6.92 Å². The van der Waals surface area contributed by atoms with Gasteiger partial charge in [0, 0.05) is 18.4 Å². The second kappa shape index (κ2) is 4.77. The van der Waals surface area contributed by atoms with Crippen molar-refractivity contribution in [3.63, 3.8) is 0 Å². The molecule has 0 spiro atoms. The zero-order valence-electron chi connectivity index (χ0n) is 7.96. The van der Waals surface area contributed by atoms with Crippen molar-refractivity contribution in [1.82, 2.24) is 9.97 Å². The Morgan fingerprint density at radius 3 is 3.00 bits per heavy atom. The van der Waals surface area contributed by atoms with E-state index >= 15 is 0 Å². The fourth-order valence-corrected chi connectivity index (χ4v) is 1.02. The van der Waals surface area contributed by atoms with Gasteiger partial charge in [0.2, 0.25) is 0 Å². The van der Waals surface area contributed by atoms with E-state index in [1.165, 1.54) is 6.07 Å². The van der Waals surface area contributed by atoms with E-state index in [0.717, 1.165) is 12.1 Å². The molecule has 1 aromatic heterocycles. The predicted molar refractivity (Wildman–Crippen MR) is 49.5 cm³/mol. The van der Waals surface area contributed by atoms with Crippen LogP contribution in [0.25, 0.3) is 0 Å². The van der Waals surface area contributed by atoms with Crippen LogP contribution >= 0.6 is 0 Å². The van der Waals surface area contributed by atoms with Crippen molar-refractivity contribution in [2.45, 2.75) is 26.9 Å². The van der Waals surface area contributed by atoms with Gasteiger partial charge in [0.15, 0.2) is 0 Å². The highest BCUT2D eigenvalue weighted by atomic mass is 16.5. The summed E-state index contributed by atoms with van der Waals surface area (Å²) >= 11 is 0. The Balaban J connectivity index is 2.61. The molecule has 0 saturated carbocycles. The smallest absolute Gasteiger partial charge is 0.251 e. The lowest BCUT2D eigenvalue weighted by Crippen LogP contribution is -2.12. The van der Waals surface area contributed by atoms with E-state index in [9.17, 15) is 4.79 Å². The first-order valence-corrected chi connectivity index (χ1v) is 4.37. The summed E-state index contributed by atoms with van der Waals surface area (Å²) in [6, 6.07) is 1.46. The molecular weight excluding hydrogens is 168 g/mol. The van der Waals surface area contributed by atoms with Gasteiger partial charge < -0.3 is 9.72 Å². The number of H-pyrrole nitrogens is 1. The van der Waals surface area contributed by atoms with Gasteiger partial charge in [-0.05, 0) is 13.3 Å². The molecule has 0 amide bonds. The summed E-state index contributed by atoms with van der Waals surface area (Å²) in [4.78, 5) is 17.7. The molecule has 13 heavy (non-hydrogen) atoms. The van der Waals surface area contributed by atoms with Crippen LogP contribution < -0.4 is 5.56 Å². The van der Waals surface area contributed by atoms with Crippen molar-refractivity contribution in [1.29, 1.82) is 0 Å². The van der Waals surface area contributed by atoms with E-state index in [1.54, 1.807) is 6.92 Å². The Bertz CT molecular complexity index is 320. The molecule has 0 radical (unpaired) electrons. The van der Waals surface area contributed by atoms with Crippen molar-refractivity contribution in [2.24, 2.45) is 0 Å². The normalized spacial score (nSPS) is 10.3. The lowest BCUT2D eigenvalue weighted by molar-refractivity contribution is 0.116. The summed E-state index contributed by atoms with van der Waals surface area (Å²) in [5.74, 6) is 0.596. The molecule has 0 saturated heterocycles. The molecule has 4 heteroatoms. The third-order valence-electron chi connectivity index (χ3n) is 1.51. The van der Waals surface area contributed by atoms with Crippen molar-refractivity contribution in [2.75, 3.05) is 6.61 Å². The first kappa shape index (κ1) is 9.92. The largest absolute Gasteiger partial charge is 0.374 e. The third-order valence-corrected chi connectivity index (χ3v) is 1.51. The van der Waals surface area contributed by atoms with Crippen LogP contribution in [0.1, 0.15) is 24.9 Å². The fraction of sp³-hybridized carbons (Fsp3) is 0.556. The Hall–Kier alpha value is -1.16. The first-order valence-electron chi connectivity index (χ1n) is 4.37. The topological polar surface area (TPSA) is 55.0 Å². The SMILES string of the molecule is CCCOCc1nc(C)cc(=O)[nH]1. The molecular formula is C9H14N2O2. The van der Waals surface area contributed by atoms with E-state index in [2.05, 4.69) is 9.97 Å². The quantitative estimate of drug-likeness (QED) is 0.707. The molecule has 1 aromatic rings. The van der Waals surface area contributed by atoms with Crippen molar-refractivity contribution in [3.8, 4) is 0 Å². The number of nitrogens with one attached hydrogen (secondary N) is 1. The van der Waals surface area contributed by atoms with Gasteiger partial charge in [0.1, 0.15) is 12.4 Å². The minimum absolute atomic E-state index is 0.123. The van der Waals surface area contributed by atoms with Crippen LogP contribution in [0.15, 0.2) is 10.9 Å². The second-order valence-electron chi connectivity index (χ2n) is 2.89.